The molecule has 81 heavy (non-hydrogen) atoms. The van der Waals surface area contributed by atoms with Gasteiger partial charge in [0.1, 0.15) is 13.2 Å². The number of nitrogens with one attached hydrogen (secondary N) is 3. The van der Waals surface area contributed by atoms with Crippen LogP contribution in [0, 0.1) is 0 Å². The predicted molar refractivity (Wildman–Crippen MR) is 299 cm³/mol. The van der Waals surface area contributed by atoms with Gasteiger partial charge >= 0.3 is 0 Å². The van der Waals surface area contributed by atoms with E-state index in [4.69, 9.17) is 18.8 Å². The van der Waals surface area contributed by atoms with Gasteiger partial charge in [-0.3, -0.25) is 28.6 Å². The highest BCUT2D eigenvalue weighted by Gasteiger charge is 2.34. The Balaban J connectivity index is 0.000000168. The molecule has 2 aromatic carbocycles. The summed E-state index contributed by atoms with van der Waals surface area (Å²) in [5, 5.41) is 26.2. The smallest absolute Gasteiger partial charge is 0.238 e. The minimum Gasteiger partial charge on any atom is -0.378 e. The van der Waals surface area contributed by atoms with Crippen LogP contribution in [0.3, 0.4) is 0 Å². The summed E-state index contributed by atoms with van der Waals surface area (Å²) < 4.78 is 24.1. The fourth-order valence-corrected chi connectivity index (χ4v) is 9.70. The van der Waals surface area contributed by atoms with Gasteiger partial charge in [-0.25, -0.2) is 19.9 Å². The fraction of sp³-hybridized carbons (Fsp3) is 0.431. The number of aromatic nitrogens is 12. The summed E-state index contributed by atoms with van der Waals surface area (Å²) in [6.45, 7) is 17.3. The Hall–Kier alpha value is -8.25. The van der Waals surface area contributed by atoms with Crippen LogP contribution in [0.1, 0.15) is 134 Å². The van der Waals surface area contributed by atoms with Crippen LogP contribution in [-0.2, 0) is 52.3 Å². The number of ether oxygens (including phenoxy) is 2. The molecule has 0 saturated carbocycles. The van der Waals surface area contributed by atoms with Crippen LogP contribution >= 0.6 is 0 Å². The molecular weight excluding hydrogens is 1030 g/mol. The lowest BCUT2D eigenvalue weighted by atomic mass is 9.87. The minimum absolute atomic E-state index is 0.0485. The van der Waals surface area contributed by atoms with E-state index < -0.39 is 0 Å². The van der Waals surface area contributed by atoms with Crippen molar-refractivity contribution < 1.29 is 32.9 Å². The van der Waals surface area contributed by atoms with Crippen LogP contribution in [0.15, 0.2) is 94.8 Å². The van der Waals surface area contributed by atoms with Gasteiger partial charge in [-0.1, -0.05) is 76.1 Å². The van der Waals surface area contributed by atoms with Crippen molar-refractivity contribution in [3.63, 3.8) is 0 Å². The molecule has 2 fully saturated rings. The van der Waals surface area contributed by atoms with E-state index in [1.54, 1.807) is 34.2 Å². The Bertz CT molecular complexity index is 3510. The quantitative estimate of drug-likeness (QED) is 0.0922. The molecule has 4 aliphatic heterocycles. The number of anilines is 4. The van der Waals surface area contributed by atoms with Crippen molar-refractivity contribution in [1.29, 1.82) is 0 Å². The third-order valence-corrected chi connectivity index (χ3v) is 14.3. The minimum atomic E-state index is -0.309. The van der Waals surface area contributed by atoms with E-state index in [1.807, 2.05) is 80.2 Å². The number of carbonyl (C=O) groups excluding carboxylic acids is 3. The summed E-state index contributed by atoms with van der Waals surface area (Å²) in [5.74, 6) is 2.41. The van der Waals surface area contributed by atoms with Crippen LogP contribution in [0.4, 0.5) is 23.3 Å². The molecule has 12 rings (SSSR count). The lowest BCUT2D eigenvalue weighted by Crippen LogP contribution is -2.48. The van der Waals surface area contributed by atoms with Gasteiger partial charge in [0.2, 0.25) is 46.9 Å². The Labute approximate surface area is 469 Å². The lowest BCUT2D eigenvalue weighted by Gasteiger charge is -2.36. The van der Waals surface area contributed by atoms with Crippen molar-refractivity contribution in [3.8, 4) is 22.5 Å². The summed E-state index contributed by atoms with van der Waals surface area (Å²) in [6, 6.07) is 17.0. The van der Waals surface area contributed by atoms with Crippen molar-refractivity contribution in [3.05, 3.63) is 131 Å². The van der Waals surface area contributed by atoms with E-state index in [-0.39, 0.29) is 51.7 Å². The van der Waals surface area contributed by atoms with E-state index in [1.165, 1.54) is 16.7 Å². The van der Waals surface area contributed by atoms with Crippen LogP contribution in [0.2, 0.25) is 0 Å². The summed E-state index contributed by atoms with van der Waals surface area (Å²) in [6.07, 6.45) is 13.1. The molecule has 0 bridgehead atoms. The van der Waals surface area contributed by atoms with Crippen molar-refractivity contribution in [2.75, 3.05) is 50.2 Å². The van der Waals surface area contributed by atoms with Crippen molar-refractivity contribution in [2.24, 2.45) is 14.1 Å². The summed E-state index contributed by atoms with van der Waals surface area (Å²) in [4.78, 5) is 65.5. The molecule has 2 saturated heterocycles. The Morgan fingerprint density at radius 3 is 1.62 bits per heavy atom. The van der Waals surface area contributed by atoms with Gasteiger partial charge in [-0.05, 0) is 84.3 Å². The third kappa shape index (κ3) is 14.0. The van der Waals surface area contributed by atoms with Gasteiger partial charge in [-0.2, -0.15) is 20.2 Å². The van der Waals surface area contributed by atoms with E-state index in [9.17, 15) is 14.4 Å². The second-order valence-electron chi connectivity index (χ2n) is 22.9. The number of hydrogen-bond donors (Lipinski definition) is 3. The second kappa shape index (κ2) is 24.2. The van der Waals surface area contributed by atoms with Gasteiger partial charge in [-0.15, -0.1) is 0 Å². The van der Waals surface area contributed by atoms with Gasteiger partial charge in [0.25, 0.3) is 0 Å². The first kappa shape index (κ1) is 56.0. The van der Waals surface area contributed by atoms with Crippen LogP contribution in [0.5, 0.6) is 0 Å². The first-order valence-electron chi connectivity index (χ1n) is 27.2. The molecule has 8 aromatic rings. The maximum Gasteiger partial charge on any atom is 0.238 e. The molecule has 23 heteroatoms. The highest BCUT2D eigenvalue weighted by atomic mass is 16.5. The highest BCUT2D eigenvalue weighted by Crippen LogP contribution is 2.37. The molecule has 0 spiro atoms. The van der Waals surface area contributed by atoms with Crippen LogP contribution in [-0.4, -0.2) is 128 Å². The SMILES string of the molecule is Cn1cc(Nc2nccc(-c3ccc4c(c3)CN(C3COC3)CC[C@H]4CC(=O)c3noc(C(C)(C)C)n3)n2)cn1.Cn1cc(Nc2nccc(-c3ccc4c(c3)CNCC[C@H]4CC(=O)c3noc(C(C)(C)C)n3)n2)cn1.O=C1COC1. The van der Waals surface area contributed by atoms with Gasteiger partial charge < -0.3 is 34.5 Å². The van der Waals surface area contributed by atoms with Crippen LogP contribution < -0.4 is 16.0 Å². The molecule has 0 unspecified atom stereocenters. The standard InChI is InChI=1S/C29H34N8O3.C26H30N8O2.C3H4O2/c1-29(2,3)27-34-26(35-40-27)25(38)12-18-8-10-37(22-16-39-17-22)14-20-11-19(5-6-23(18)20)24-7-9-30-28(33-24)32-21-13-31-36(4)15-21;1-26(2,3)24-32-23(33-36-24)22(35)12-16-7-9-27-13-18-11-17(5-6-20(16)18)21-8-10-28-25(31-21)30-19-14-29-34(4)15-19;4-3-1-5-2-3/h5-7,9,11,13,15,18,22H,8,10,12,14,16-17H2,1-4H3,(H,30,32,33);5-6,8,10-11,14-16,27H,7,9,12-13H2,1-4H3,(H,28,30,31);1-2H2/t18-;16-;/m00./s1. The largest absolute Gasteiger partial charge is 0.378 e. The molecule has 422 valence electrons. The molecule has 2 atom stereocenters. The van der Waals surface area contributed by atoms with Gasteiger partial charge in [0.15, 0.2) is 5.78 Å². The molecule has 0 aliphatic carbocycles. The molecule has 23 nitrogen and oxygen atoms in total. The number of aryl methyl sites for hydroxylation is 2. The molecule has 0 radical (unpaired) electrons. The third-order valence-electron chi connectivity index (χ3n) is 14.3. The predicted octanol–water partition coefficient (Wildman–Crippen LogP) is 8.00. The highest BCUT2D eigenvalue weighted by molar-refractivity contribution is 5.93. The number of hydrogen-bond acceptors (Lipinski definition) is 21. The maximum absolute atomic E-state index is 13.3. The summed E-state index contributed by atoms with van der Waals surface area (Å²) >= 11 is 0. The monoisotopic (exact) mass is 1100 g/mol. The molecule has 6 aromatic heterocycles. The van der Waals surface area contributed by atoms with E-state index >= 15 is 0 Å². The van der Waals surface area contributed by atoms with Gasteiger partial charge in [0.05, 0.1) is 54.4 Å². The number of fused-ring (bicyclic) bond motifs is 2. The molecule has 3 N–H and O–H groups in total. The van der Waals surface area contributed by atoms with Gasteiger partial charge in [0, 0.05) is 86.8 Å². The van der Waals surface area contributed by atoms with Crippen molar-refractivity contribution in [2.45, 2.75) is 109 Å². The zero-order valence-corrected chi connectivity index (χ0v) is 47.0. The molecule has 0 amide bonds. The zero-order valence-electron chi connectivity index (χ0n) is 47.0. The first-order valence-corrected chi connectivity index (χ1v) is 27.2. The normalized spacial score (nSPS) is 17.4. The molecule has 4 aliphatic rings. The fourth-order valence-electron chi connectivity index (χ4n) is 9.70. The average Bonchev–Trinajstić information content (AvgIpc) is 4.28. The van der Waals surface area contributed by atoms with E-state index in [0.29, 0.717) is 55.8 Å². The van der Waals surface area contributed by atoms with Crippen molar-refractivity contribution in [1.82, 2.24) is 70.0 Å². The zero-order chi connectivity index (χ0) is 56.8. The summed E-state index contributed by atoms with van der Waals surface area (Å²) in [7, 11) is 3.72. The topological polar surface area (TPSA) is 274 Å². The number of carbonyl (C=O) groups is 3. The molecule has 10 heterocycles. The van der Waals surface area contributed by atoms with E-state index in [2.05, 4.69) is 107 Å². The average molecular weight is 1100 g/mol. The lowest BCUT2D eigenvalue weighted by molar-refractivity contribution is -0.140. The Morgan fingerprint density at radius 2 is 1.17 bits per heavy atom. The van der Waals surface area contributed by atoms with E-state index in [0.717, 1.165) is 91.7 Å². The number of ketones is 3. The Morgan fingerprint density at radius 1 is 0.667 bits per heavy atom. The first-order chi connectivity index (χ1) is 38.9. The maximum atomic E-state index is 13.3. The second-order valence-corrected chi connectivity index (χ2v) is 22.9. The van der Waals surface area contributed by atoms with Crippen molar-refractivity contribution >= 4 is 40.6 Å². The summed E-state index contributed by atoms with van der Waals surface area (Å²) in [5.41, 5.74) is 9.38. The number of nitrogens with zero attached hydrogens (tertiary/aromatic N) is 13. The number of Topliss-reactive ketones (excluding diaryl/α,β-unsaturated/α-hetero) is 3. The molecular formula is C58H68N16O7. The van der Waals surface area contributed by atoms with Crippen LogP contribution in [0.25, 0.3) is 22.5 Å². The number of benzene rings is 2. The Kier molecular flexibility index (Phi) is 16.8. The number of rotatable bonds is 13.